The van der Waals surface area contributed by atoms with Crippen molar-refractivity contribution in [1.29, 1.82) is 0 Å². The van der Waals surface area contributed by atoms with Gasteiger partial charge in [0.05, 0.1) is 0 Å². The molecule has 1 fully saturated rings. The summed E-state index contributed by atoms with van der Waals surface area (Å²) in [5.41, 5.74) is 0.386. The van der Waals surface area contributed by atoms with Gasteiger partial charge in [-0.3, -0.25) is 4.79 Å². The molecule has 0 bridgehead atoms. The summed E-state index contributed by atoms with van der Waals surface area (Å²) in [5, 5.41) is 13.7. The highest BCUT2D eigenvalue weighted by Gasteiger charge is 2.34. The molecule has 1 aliphatic rings. The van der Waals surface area contributed by atoms with Gasteiger partial charge < -0.3 is 15.4 Å². The normalized spacial score (nSPS) is 22.0. The van der Waals surface area contributed by atoms with Crippen molar-refractivity contribution in [2.24, 2.45) is 0 Å². The van der Waals surface area contributed by atoms with E-state index in [9.17, 15) is 9.90 Å². The van der Waals surface area contributed by atoms with Gasteiger partial charge in [-0.2, -0.15) is 0 Å². The minimum absolute atomic E-state index is 0.0481. The van der Waals surface area contributed by atoms with Gasteiger partial charge in [0.25, 0.3) is 5.91 Å². The molecular weight excluding hydrogens is 325 g/mol. The molecule has 3 N–H and O–H groups in total. The molecule has 116 valence electrons. The Balaban J connectivity index is 1.56. The van der Waals surface area contributed by atoms with E-state index >= 15 is 0 Å². The third-order valence-electron chi connectivity index (χ3n) is 3.84. The van der Waals surface area contributed by atoms with E-state index in [1.165, 1.54) is 12.1 Å². The fourth-order valence-corrected chi connectivity index (χ4v) is 3.17. The third-order valence-corrected chi connectivity index (χ3v) is 4.28. The number of hydrogen-bond donors (Lipinski definition) is 3. The zero-order chi connectivity index (χ0) is 15.7. The molecule has 0 radical (unpaired) electrons. The standard InChI is InChI=1S/C15H15Cl2N3O2/c16-10-3-8(4-11(17)7-10)13(21)15(22)20-12-5-9(6-12)14-18-1-2-19-14/h1-4,7,9,12-13,21H,5-6H2,(H,18,19)(H,20,22). The van der Waals surface area contributed by atoms with Crippen molar-refractivity contribution in [3.63, 3.8) is 0 Å². The maximum absolute atomic E-state index is 12.1. The van der Waals surface area contributed by atoms with Gasteiger partial charge in [-0.15, -0.1) is 0 Å². The molecule has 1 aromatic heterocycles. The van der Waals surface area contributed by atoms with Gasteiger partial charge >= 0.3 is 0 Å². The SMILES string of the molecule is O=C(NC1CC(c2ncc[nH]2)C1)C(O)c1cc(Cl)cc(Cl)c1. The van der Waals surface area contributed by atoms with Crippen molar-refractivity contribution in [2.45, 2.75) is 30.9 Å². The van der Waals surface area contributed by atoms with E-state index in [2.05, 4.69) is 15.3 Å². The van der Waals surface area contributed by atoms with Gasteiger partial charge in [0, 0.05) is 34.4 Å². The number of H-pyrrole nitrogens is 1. The number of carbonyl (C=O) groups excluding carboxylic acids is 1. The van der Waals surface area contributed by atoms with Gasteiger partial charge in [0.1, 0.15) is 5.82 Å². The highest BCUT2D eigenvalue weighted by Crippen LogP contribution is 2.35. The summed E-state index contributed by atoms with van der Waals surface area (Å²) in [6.45, 7) is 0. The first-order valence-corrected chi connectivity index (χ1v) is 7.72. The van der Waals surface area contributed by atoms with Crippen LogP contribution in [-0.4, -0.2) is 27.0 Å². The largest absolute Gasteiger partial charge is 0.378 e. The zero-order valence-corrected chi connectivity index (χ0v) is 13.1. The number of aromatic amines is 1. The Kier molecular flexibility index (Phi) is 4.38. The summed E-state index contributed by atoms with van der Waals surface area (Å²) in [5.74, 6) is 0.826. The van der Waals surface area contributed by atoms with Crippen LogP contribution in [0.3, 0.4) is 0 Å². The van der Waals surface area contributed by atoms with Crippen molar-refractivity contribution < 1.29 is 9.90 Å². The first-order chi connectivity index (χ1) is 10.5. The molecule has 1 unspecified atom stereocenters. The topological polar surface area (TPSA) is 78.0 Å². The van der Waals surface area contributed by atoms with Crippen LogP contribution in [0.15, 0.2) is 30.6 Å². The minimum Gasteiger partial charge on any atom is -0.378 e. The number of benzene rings is 1. The molecular formula is C15H15Cl2N3O2. The summed E-state index contributed by atoms with van der Waals surface area (Å²) in [6, 6.07) is 4.66. The van der Waals surface area contributed by atoms with E-state index in [1.54, 1.807) is 18.5 Å². The van der Waals surface area contributed by atoms with Crippen LogP contribution in [-0.2, 0) is 4.79 Å². The molecule has 1 amide bonds. The lowest BCUT2D eigenvalue weighted by Gasteiger charge is -2.35. The van der Waals surface area contributed by atoms with Crippen LogP contribution in [0.4, 0.5) is 0 Å². The number of aliphatic hydroxyl groups excluding tert-OH is 1. The smallest absolute Gasteiger partial charge is 0.253 e. The first-order valence-electron chi connectivity index (χ1n) is 6.96. The number of hydrogen-bond acceptors (Lipinski definition) is 3. The molecule has 1 aliphatic carbocycles. The first kappa shape index (κ1) is 15.3. The second-order valence-corrected chi connectivity index (χ2v) is 6.33. The van der Waals surface area contributed by atoms with Crippen LogP contribution in [0, 0.1) is 0 Å². The summed E-state index contributed by atoms with van der Waals surface area (Å²) >= 11 is 11.8. The van der Waals surface area contributed by atoms with Crippen LogP contribution in [0.2, 0.25) is 10.0 Å². The average Bonchev–Trinajstić information content (AvgIpc) is 2.93. The number of aromatic nitrogens is 2. The molecule has 0 aliphatic heterocycles. The van der Waals surface area contributed by atoms with Gasteiger partial charge in [-0.25, -0.2) is 4.98 Å². The van der Waals surface area contributed by atoms with Gasteiger partial charge in [-0.05, 0) is 36.6 Å². The lowest BCUT2D eigenvalue weighted by Crippen LogP contribution is -2.45. The van der Waals surface area contributed by atoms with E-state index in [-0.39, 0.29) is 6.04 Å². The summed E-state index contributed by atoms with van der Waals surface area (Å²) < 4.78 is 0. The average molecular weight is 340 g/mol. The molecule has 7 heteroatoms. The van der Waals surface area contributed by atoms with Crippen molar-refractivity contribution in [2.75, 3.05) is 0 Å². The lowest BCUT2D eigenvalue weighted by molar-refractivity contribution is -0.131. The maximum atomic E-state index is 12.1. The Labute approximate surface area is 137 Å². The Morgan fingerprint density at radius 1 is 1.32 bits per heavy atom. The van der Waals surface area contributed by atoms with E-state index in [0.717, 1.165) is 18.7 Å². The number of nitrogens with zero attached hydrogens (tertiary/aromatic N) is 1. The van der Waals surface area contributed by atoms with Crippen LogP contribution in [0.1, 0.15) is 36.3 Å². The predicted octanol–water partition coefficient (Wildman–Crippen LogP) is 2.81. The highest BCUT2D eigenvalue weighted by atomic mass is 35.5. The van der Waals surface area contributed by atoms with Crippen molar-refractivity contribution in [3.05, 3.63) is 52.0 Å². The quantitative estimate of drug-likeness (QED) is 0.801. The van der Waals surface area contributed by atoms with Gasteiger partial charge in [-0.1, -0.05) is 23.2 Å². The number of amides is 1. The number of imidazole rings is 1. The second-order valence-electron chi connectivity index (χ2n) is 5.45. The molecule has 0 saturated heterocycles. The van der Waals surface area contributed by atoms with E-state index in [0.29, 0.717) is 21.5 Å². The molecule has 22 heavy (non-hydrogen) atoms. The number of aliphatic hydroxyl groups is 1. The number of carbonyl (C=O) groups is 1. The fourth-order valence-electron chi connectivity index (χ4n) is 2.62. The molecule has 3 rings (SSSR count). The zero-order valence-electron chi connectivity index (χ0n) is 11.6. The van der Waals surface area contributed by atoms with E-state index < -0.39 is 12.0 Å². The fraction of sp³-hybridized carbons (Fsp3) is 0.333. The van der Waals surface area contributed by atoms with E-state index in [1.807, 2.05) is 0 Å². The lowest BCUT2D eigenvalue weighted by atomic mass is 9.79. The monoisotopic (exact) mass is 339 g/mol. The van der Waals surface area contributed by atoms with E-state index in [4.69, 9.17) is 23.2 Å². The summed E-state index contributed by atoms with van der Waals surface area (Å²) in [7, 11) is 0. The molecule has 1 atom stereocenters. The molecule has 1 saturated carbocycles. The number of halogens is 2. The van der Waals surface area contributed by atoms with Crippen molar-refractivity contribution in [3.8, 4) is 0 Å². The van der Waals surface area contributed by atoms with Crippen molar-refractivity contribution >= 4 is 29.1 Å². The van der Waals surface area contributed by atoms with Crippen LogP contribution < -0.4 is 5.32 Å². The maximum Gasteiger partial charge on any atom is 0.253 e. The number of rotatable bonds is 4. The summed E-state index contributed by atoms with van der Waals surface area (Å²) in [4.78, 5) is 19.4. The van der Waals surface area contributed by atoms with Gasteiger partial charge in [0.2, 0.25) is 0 Å². The Morgan fingerprint density at radius 2 is 2.00 bits per heavy atom. The highest BCUT2D eigenvalue weighted by molar-refractivity contribution is 6.34. The molecule has 2 aromatic rings. The molecule has 5 nitrogen and oxygen atoms in total. The molecule has 1 heterocycles. The summed E-state index contributed by atoms with van der Waals surface area (Å²) in [6.07, 6.45) is 3.84. The molecule has 0 spiro atoms. The second kappa shape index (κ2) is 6.28. The minimum atomic E-state index is -1.28. The van der Waals surface area contributed by atoms with Crippen LogP contribution >= 0.6 is 23.2 Å². The van der Waals surface area contributed by atoms with Crippen LogP contribution in [0.5, 0.6) is 0 Å². The predicted molar refractivity (Wildman–Crippen MR) is 83.9 cm³/mol. The van der Waals surface area contributed by atoms with Crippen molar-refractivity contribution in [1.82, 2.24) is 15.3 Å². The van der Waals surface area contributed by atoms with Crippen LogP contribution in [0.25, 0.3) is 0 Å². The Hall–Kier alpha value is -1.56. The Morgan fingerprint density at radius 3 is 2.59 bits per heavy atom. The third kappa shape index (κ3) is 3.27. The number of nitrogens with one attached hydrogen (secondary N) is 2. The molecule has 1 aromatic carbocycles. The Bertz CT molecular complexity index is 649. The van der Waals surface area contributed by atoms with Gasteiger partial charge in [0.15, 0.2) is 6.10 Å².